The zero-order valence-corrected chi connectivity index (χ0v) is 21.6. The number of hydrogen-bond acceptors (Lipinski definition) is 9. The molecule has 8 nitrogen and oxygen atoms in total. The Labute approximate surface area is 214 Å². The topological polar surface area (TPSA) is 84.1 Å². The summed E-state index contributed by atoms with van der Waals surface area (Å²) < 4.78 is 25.2. The molecule has 0 radical (unpaired) electrons. The molecule has 0 spiro atoms. The van der Waals surface area contributed by atoms with Crippen LogP contribution in [-0.2, 0) is 16.1 Å². The fraction of sp³-hybridized carbons (Fsp3) is 0.333. The van der Waals surface area contributed by atoms with Crippen LogP contribution in [0.25, 0.3) is 0 Å². The van der Waals surface area contributed by atoms with Gasteiger partial charge in [0.05, 0.1) is 17.9 Å². The molecule has 3 aromatic rings. The zero-order chi connectivity index (χ0) is 24.5. The molecule has 1 aromatic carbocycles. The van der Waals surface area contributed by atoms with Crippen LogP contribution in [-0.4, -0.2) is 58.0 Å². The Bertz CT molecular complexity index is 1310. The third kappa shape index (κ3) is 4.80. The Morgan fingerprint density at radius 3 is 2.89 bits per heavy atom. The lowest BCUT2D eigenvalue weighted by Crippen LogP contribution is -2.50. The molecule has 0 amide bonds. The molecule has 2 aliphatic rings. The number of carbonyl (C=O) groups is 1. The van der Waals surface area contributed by atoms with Crippen molar-refractivity contribution in [2.75, 3.05) is 26.2 Å². The van der Waals surface area contributed by atoms with E-state index in [1.807, 2.05) is 18.4 Å². The molecule has 182 valence electrons. The van der Waals surface area contributed by atoms with Gasteiger partial charge in [-0.2, -0.15) is 0 Å². The summed E-state index contributed by atoms with van der Waals surface area (Å²) in [6.07, 6.45) is 1.73. The van der Waals surface area contributed by atoms with E-state index in [4.69, 9.17) is 14.3 Å². The summed E-state index contributed by atoms with van der Waals surface area (Å²) in [5, 5.41) is 6.78. The summed E-state index contributed by atoms with van der Waals surface area (Å²) >= 11 is 4.96. The molecule has 0 N–H and O–H groups in total. The van der Waals surface area contributed by atoms with Crippen LogP contribution >= 0.6 is 27.3 Å². The predicted octanol–water partition coefficient (Wildman–Crippen LogP) is 4.48. The van der Waals surface area contributed by atoms with Gasteiger partial charge in [0.1, 0.15) is 17.6 Å². The predicted molar refractivity (Wildman–Crippen MR) is 132 cm³/mol. The molecule has 4 heterocycles. The standard InChI is InChI=1S/C24H23BrFN5O3S/c1-3-33-24(32)20-19-13-30(12-16-10-14(2)34-29-16)7-8-31(19)22(23-27-6-9-35-23)28-21(20)17-5-4-15(26)11-18(17)25/h4-6,9-11,21H,3,7-8,12-13H2,1-2H3/t21-/m0/s1. The van der Waals surface area contributed by atoms with E-state index < -0.39 is 12.0 Å². The van der Waals surface area contributed by atoms with Crippen LogP contribution in [0.15, 0.2) is 61.1 Å². The van der Waals surface area contributed by atoms with Crippen molar-refractivity contribution in [3.05, 3.63) is 79.4 Å². The molecule has 0 unspecified atom stereocenters. The first kappa shape index (κ1) is 23.8. The third-order valence-electron chi connectivity index (χ3n) is 5.87. The lowest BCUT2D eigenvalue weighted by atomic mass is 9.93. The Balaban J connectivity index is 1.62. The number of thiazole rings is 1. The van der Waals surface area contributed by atoms with Crippen LogP contribution in [0.4, 0.5) is 4.39 Å². The van der Waals surface area contributed by atoms with E-state index in [9.17, 15) is 9.18 Å². The molecule has 1 fully saturated rings. The van der Waals surface area contributed by atoms with E-state index in [0.717, 1.165) is 28.7 Å². The Morgan fingerprint density at radius 1 is 1.34 bits per heavy atom. The lowest BCUT2D eigenvalue weighted by Gasteiger charge is -2.42. The molecule has 1 atom stereocenters. The average Bonchev–Trinajstić information content (AvgIpc) is 3.50. The Morgan fingerprint density at radius 2 is 2.20 bits per heavy atom. The van der Waals surface area contributed by atoms with Crippen molar-refractivity contribution in [2.24, 2.45) is 4.99 Å². The van der Waals surface area contributed by atoms with Gasteiger partial charge < -0.3 is 14.2 Å². The summed E-state index contributed by atoms with van der Waals surface area (Å²) in [6.45, 7) is 6.29. The molecule has 0 aliphatic carbocycles. The molecule has 0 bridgehead atoms. The molecular formula is C24H23BrFN5O3S. The first-order valence-corrected chi connectivity index (χ1v) is 12.9. The van der Waals surface area contributed by atoms with Crippen molar-refractivity contribution in [2.45, 2.75) is 26.4 Å². The van der Waals surface area contributed by atoms with Crippen molar-refractivity contribution in [1.29, 1.82) is 0 Å². The van der Waals surface area contributed by atoms with Crippen molar-refractivity contribution in [1.82, 2.24) is 19.9 Å². The van der Waals surface area contributed by atoms with Gasteiger partial charge in [0.15, 0.2) is 10.8 Å². The highest BCUT2D eigenvalue weighted by Gasteiger charge is 2.40. The Hall–Kier alpha value is -2.89. The highest BCUT2D eigenvalue weighted by molar-refractivity contribution is 9.10. The van der Waals surface area contributed by atoms with Crippen molar-refractivity contribution >= 4 is 39.1 Å². The second-order valence-corrected chi connectivity index (χ2v) is 9.98. The smallest absolute Gasteiger partial charge is 0.338 e. The van der Waals surface area contributed by atoms with Gasteiger partial charge in [0.2, 0.25) is 0 Å². The fourth-order valence-corrected chi connectivity index (χ4v) is 5.59. The number of piperazine rings is 1. The van der Waals surface area contributed by atoms with Crippen LogP contribution in [0.5, 0.6) is 0 Å². The first-order valence-electron chi connectivity index (χ1n) is 11.2. The van der Waals surface area contributed by atoms with Crippen LogP contribution in [0, 0.1) is 12.7 Å². The van der Waals surface area contributed by atoms with Crippen molar-refractivity contribution < 1.29 is 18.4 Å². The maximum Gasteiger partial charge on any atom is 0.338 e. The number of amidine groups is 1. The van der Waals surface area contributed by atoms with E-state index in [1.165, 1.54) is 23.5 Å². The van der Waals surface area contributed by atoms with Crippen LogP contribution in [0.2, 0.25) is 0 Å². The summed E-state index contributed by atoms with van der Waals surface area (Å²) in [7, 11) is 0. The number of aryl methyl sites for hydroxylation is 1. The van der Waals surface area contributed by atoms with Gasteiger partial charge in [-0.3, -0.25) is 9.89 Å². The number of ether oxygens (including phenoxy) is 1. The molecule has 1 saturated heterocycles. The van der Waals surface area contributed by atoms with Crippen molar-refractivity contribution in [3.63, 3.8) is 0 Å². The third-order valence-corrected chi connectivity index (χ3v) is 7.32. The van der Waals surface area contributed by atoms with Crippen LogP contribution < -0.4 is 0 Å². The highest BCUT2D eigenvalue weighted by atomic mass is 79.9. The van der Waals surface area contributed by atoms with Crippen LogP contribution in [0.3, 0.4) is 0 Å². The lowest BCUT2D eigenvalue weighted by molar-refractivity contribution is -0.139. The van der Waals surface area contributed by atoms with Gasteiger partial charge in [0.25, 0.3) is 0 Å². The number of esters is 1. The highest BCUT2D eigenvalue weighted by Crippen LogP contribution is 2.40. The van der Waals surface area contributed by atoms with Gasteiger partial charge in [-0.05, 0) is 31.5 Å². The normalized spacial score (nSPS) is 18.5. The van der Waals surface area contributed by atoms with E-state index in [0.29, 0.717) is 41.1 Å². The summed E-state index contributed by atoms with van der Waals surface area (Å²) in [6, 6.07) is 5.64. The number of hydrogen-bond donors (Lipinski definition) is 0. The number of carbonyl (C=O) groups excluding carboxylic acids is 1. The maximum atomic E-state index is 13.9. The minimum absolute atomic E-state index is 0.234. The summed E-state index contributed by atoms with van der Waals surface area (Å²) in [4.78, 5) is 27.1. The molecule has 0 saturated carbocycles. The van der Waals surface area contributed by atoms with Gasteiger partial charge in [-0.15, -0.1) is 11.3 Å². The van der Waals surface area contributed by atoms with Gasteiger partial charge in [-0.25, -0.2) is 14.2 Å². The molecule has 2 aliphatic heterocycles. The Kier molecular flexibility index (Phi) is 6.81. The molecule has 2 aromatic heterocycles. The monoisotopic (exact) mass is 559 g/mol. The number of benzene rings is 1. The molecule has 5 rings (SSSR count). The summed E-state index contributed by atoms with van der Waals surface area (Å²) in [5.41, 5.74) is 2.76. The zero-order valence-electron chi connectivity index (χ0n) is 19.2. The maximum absolute atomic E-state index is 13.9. The quantitative estimate of drug-likeness (QED) is 0.412. The van der Waals surface area contributed by atoms with Crippen molar-refractivity contribution in [3.8, 4) is 0 Å². The molecule has 11 heteroatoms. The van der Waals surface area contributed by atoms with E-state index in [2.05, 4.69) is 35.9 Å². The fourth-order valence-electron chi connectivity index (χ4n) is 4.38. The minimum atomic E-state index is -0.677. The number of fused-ring (bicyclic) bond motifs is 1. The second-order valence-electron chi connectivity index (χ2n) is 8.23. The molecular weight excluding hydrogens is 537 g/mol. The first-order chi connectivity index (χ1) is 16.9. The number of rotatable bonds is 6. The number of aliphatic imine (C=N–C) groups is 1. The number of halogens is 2. The van der Waals surface area contributed by atoms with Crippen LogP contribution in [0.1, 0.15) is 35.0 Å². The summed E-state index contributed by atoms with van der Waals surface area (Å²) in [5.74, 6) is 0.636. The van der Waals surface area contributed by atoms with E-state index >= 15 is 0 Å². The largest absolute Gasteiger partial charge is 0.463 e. The minimum Gasteiger partial charge on any atom is -0.463 e. The molecule has 35 heavy (non-hydrogen) atoms. The SMILES string of the molecule is CCOC(=O)C1=C2CN(Cc3cc(C)on3)CCN2C(c2nccs2)=N[C@H]1c1ccc(F)cc1Br. The second kappa shape index (κ2) is 10.00. The van der Waals surface area contributed by atoms with Gasteiger partial charge in [0, 0.05) is 54.0 Å². The van der Waals surface area contributed by atoms with Gasteiger partial charge in [-0.1, -0.05) is 27.2 Å². The number of nitrogens with zero attached hydrogens (tertiary/aromatic N) is 5. The number of aromatic nitrogens is 2. The van der Waals surface area contributed by atoms with E-state index in [-0.39, 0.29) is 12.4 Å². The van der Waals surface area contributed by atoms with Gasteiger partial charge >= 0.3 is 5.97 Å². The average molecular weight is 560 g/mol. The van der Waals surface area contributed by atoms with E-state index in [1.54, 1.807) is 19.2 Å².